The number of aliphatic carboxylic acids is 1. The van der Waals surface area contributed by atoms with Gasteiger partial charge in [0, 0.05) is 12.0 Å². The van der Waals surface area contributed by atoms with Crippen molar-refractivity contribution in [3.63, 3.8) is 0 Å². The number of nitrogens with two attached hydrogens (primary N) is 1. The number of aromatic nitrogens is 1. The summed E-state index contributed by atoms with van der Waals surface area (Å²) in [5.74, 6) is -1.22. The summed E-state index contributed by atoms with van der Waals surface area (Å²) in [7, 11) is 0. The van der Waals surface area contributed by atoms with Crippen molar-refractivity contribution in [2.24, 2.45) is 5.16 Å². The summed E-state index contributed by atoms with van der Waals surface area (Å²) in [4.78, 5) is 19.6. The molecular weight excluding hydrogens is 282 g/mol. The second-order valence-corrected chi connectivity index (χ2v) is 3.74. The smallest absolute Gasteiger partial charge is 0.360 e. The summed E-state index contributed by atoms with van der Waals surface area (Å²) in [6, 6.07) is 0. The quantitative estimate of drug-likeness (QED) is 0.441. The lowest BCUT2D eigenvalue weighted by Crippen LogP contribution is -2.16. The van der Waals surface area contributed by atoms with Gasteiger partial charge in [-0.25, -0.2) is 9.78 Å². The first kappa shape index (κ1) is 16.6. The molecule has 1 aromatic heterocycles. The molecule has 0 aromatic carbocycles. The molecule has 1 heterocycles. The lowest BCUT2D eigenvalue weighted by atomic mass is 10.3. The van der Waals surface area contributed by atoms with Gasteiger partial charge in [-0.2, -0.15) is 0 Å². The molecule has 3 N–H and O–H groups in total. The number of nitrogens with zero attached hydrogens (tertiary/aromatic N) is 2. The van der Waals surface area contributed by atoms with E-state index in [0.717, 1.165) is 11.3 Å². The Kier molecular flexibility index (Phi) is 8.01. The van der Waals surface area contributed by atoms with Gasteiger partial charge in [0.25, 0.3) is 0 Å². The van der Waals surface area contributed by atoms with Crippen LogP contribution in [-0.4, -0.2) is 41.6 Å². The monoisotopic (exact) mass is 295 g/mol. The van der Waals surface area contributed by atoms with E-state index in [-0.39, 0.29) is 35.6 Å². The molecule has 0 aliphatic heterocycles. The molecule has 0 spiro atoms. The molecule has 102 valence electrons. The van der Waals surface area contributed by atoms with Crippen LogP contribution in [-0.2, 0) is 14.4 Å². The van der Waals surface area contributed by atoms with Crippen LogP contribution in [0.5, 0.6) is 0 Å². The van der Waals surface area contributed by atoms with Crippen LogP contribution in [0.25, 0.3) is 0 Å². The van der Waals surface area contributed by atoms with E-state index in [1.165, 1.54) is 5.38 Å². The molecule has 0 saturated carbocycles. The number of carbonyl (C=O) groups is 1. The molecule has 0 bridgehead atoms. The SMILES string of the molecule is CCOCCON=C(C(=O)O)c1csc(N)n1.Cl. The molecule has 1 rings (SSSR count). The van der Waals surface area contributed by atoms with E-state index < -0.39 is 5.97 Å². The van der Waals surface area contributed by atoms with Crippen molar-refractivity contribution in [1.82, 2.24) is 4.98 Å². The Morgan fingerprint density at radius 2 is 2.33 bits per heavy atom. The average molecular weight is 296 g/mol. The van der Waals surface area contributed by atoms with Crippen molar-refractivity contribution in [3.8, 4) is 0 Å². The first-order chi connectivity index (χ1) is 8.15. The van der Waals surface area contributed by atoms with Crippen LogP contribution in [0, 0.1) is 0 Å². The molecule has 9 heteroatoms. The molecule has 0 aliphatic carbocycles. The van der Waals surface area contributed by atoms with Gasteiger partial charge in [0.15, 0.2) is 5.13 Å². The highest BCUT2D eigenvalue weighted by molar-refractivity contribution is 7.13. The van der Waals surface area contributed by atoms with Crippen molar-refractivity contribution >= 4 is 40.6 Å². The molecule has 0 unspecified atom stereocenters. The van der Waals surface area contributed by atoms with E-state index >= 15 is 0 Å². The van der Waals surface area contributed by atoms with Gasteiger partial charge in [0.1, 0.15) is 12.3 Å². The third-order valence-electron chi connectivity index (χ3n) is 1.65. The molecule has 0 saturated heterocycles. The largest absolute Gasteiger partial charge is 0.476 e. The molecule has 7 nitrogen and oxygen atoms in total. The standard InChI is InChI=1S/C9H13N3O4S.ClH/c1-2-15-3-4-16-12-7(8(13)14)6-5-17-9(10)11-6;/h5H,2-4H2,1H3,(H2,10,11)(H,13,14);1H. The van der Waals surface area contributed by atoms with Gasteiger partial charge in [-0.15, -0.1) is 23.7 Å². The fourth-order valence-electron chi connectivity index (χ4n) is 0.942. The van der Waals surface area contributed by atoms with E-state index in [9.17, 15) is 4.79 Å². The van der Waals surface area contributed by atoms with Gasteiger partial charge in [0.2, 0.25) is 5.71 Å². The number of hydrogen-bond donors (Lipinski definition) is 2. The van der Waals surface area contributed by atoms with Gasteiger partial charge in [-0.3, -0.25) is 0 Å². The highest BCUT2D eigenvalue weighted by atomic mass is 35.5. The third kappa shape index (κ3) is 5.30. The molecule has 0 radical (unpaired) electrons. The number of carboxylic acid groups (broad SMARTS) is 1. The van der Waals surface area contributed by atoms with Crippen LogP contribution in [0.4, 0.5) is 5.13 Å². The van der Waals surface area contributed by atoms with Crippen molar-refractivity contribution in [3.05, 3.63) is 11.1 Å². The predicted octanol–water partition coefficient (Wildman–Crippen LogP) is 0.989. The highest BCUT2D eigenvalue weighted by Gasteiger charge is 2.16. The van der Waals surface area contributed by atoms with Crippen LogP contribution in [0.3, 0.4) is 0 Å². The maximum atomic E-state index is 10.9. The normalized spacial score (nSPS) is 10.8. The minimum Gasteiger partial charge on any atom is -0.476 e. The molecule has 0 atom stereocenters. The molecule has 0 aliphatic rings. The summed E-state index contributed by atoms with van der Waals surface area (Å²) < 4.78 is 5.01. The number of rotatable bonds is 7. The van der Waals surface area contributed by atoms with Crippen LogP contribution in [0.1, 0.15) is 12.6 Å². The second kappa shape index (κ2) is 8.67. The lowest BCUT2D eigenvalue weighted by Gasteiger charge is -2.01. The zero-order valence-corrected chi connectivity index (χ0v) is 11.3. The number of ether oxygens (including phenoxy) is 1. The minimum atomic E-state index is -1.22. The van der Waals surface area contributed by atoms with Crippen LogP contribution >= 0.6 is 23.7 Å². The van der Waals surface area contributed by atoms with E-state index in [0.29, 0.717) is 13.2 Å². The number of oxime groups is 1. The van der Waals surface area contributed by atoms with Crippen molar-refractivity contribution in [1.29, 1.82) is 0 Å². The summed E-state index contributed by atoms with van der Waals surface area (Å²) in [5.41, 5.74) is 5.33. The Labute approximate surface area is 114 Å². The zero-order valence-electron chi connectivity index (χ0n) is 9.66. The molecule has 1 aromatic rings. The zero-order chi connectivity index (χ0) is 12.7. The van der Waals surface area contributed by atoms with Gasteiger partial charge in [-0.05, 0) is 6.92 Å². The van der Waals surface area contributed by atoms with Gasteiger partial charge < -0.3 is 20.4 Å². The number of halogens is 1. The fraction of sp³-hybridized carbons (Fsp3) is 0.444. The van der Waals surface area contributed by atoms with Crippen molar-refractivity contribution in [2.45, 2.75) is 6.92 Å². The van der Waals surface area contributed by atoms with Crippen LogP contribution < -0.4 is 5.73 Å². The average Bonchev–Trinajstić information content (AvgIpc) is 2.69. The van der Waals surface area contributed by atoms with Crippen LogP contribution in [0.15, 0.2) is 10.5 Å². The number of hydrogen-bond acceptors (Lipinski definition) is 7. The van der Waals surface area contributed by atoms with Crippen molar-refractivity contribution < 1.29 is 19.5 Å². The van der Waals surface area contributed by atoms with E-state index in [4.69, 9.17) is 20.4 Å². The minimum absolute atomic E-state index is 0. The summed E-state index contributed by atoms with van der Waals surface area (Å²) >= 11 is 1.14. The van der Waals surface area contributed by atoms with E-state index in [2.05, 4.69) is 10.1 Å². The molecular formula is C9H14ClN3O4S. The van der Waals surface area contributed by atoms with E-state index in [1.807, 2.05) is 6.92 Å². The first-order valence-corrected chi connectivity index (χ1v) is 5.75. The number of carboxylic acids is 1. The van der Waals surface area contributed by atoms with Crippen LogP contribution in [0.2, 0.25) is 0 Å². The predicted molar refractivity (Wildman–Crippen MR) is 70.4 cm³/mol. The van der Waals surface area contributed by atoms with Crippen molar-refractivity contribution in [2.75, 3.05) is 25.6 Å². The first-order valence-electron chi connectivity index (χ1n) is 4.87. The summed E-state index contributed by atoms with van der Waals surface area (Å²) in [6.07, 6.45) is 0. The Hall–Kier alpha value is -1.38. The summed E-state index contributed by atoms with van der Waals surface area (Å²) in [5, 5.41) is 14.2. The molecule has 18 heavy (non-hydrogen) atoms. The molecule has 0 fully saturated rings. The van der Waals surface area contributed by atoms with Gasteiger partial charge in [0.05, 0.1) is 6.61 Å². The van der Waals surface area contributed by atoms with E-state index in [1.54, 1.807) is 0 Å². The lowest BCUT2D eigenvalue weighted by molar-refractivity contribution is -0.129. The number of thiazole rings is 1. The number of anilines is 1. The maximum Gasteiger partial charge on any atom is 0.360 e. The third-order valence-corrected chi connectivity index (χ3v) is 2.32. The Balaban J connectivity index is 0.00000289. The van der Waals surface area contributed by atoms with Gasteiger partial charge >= 0.3 is 5.97 Å². The number of nitrogen functional groups attached to an aromatic ring is 1. The Bertz CT molecular complexity index is 410. The fourth-order valence-corrected chi connectivity index (χ4v) is 1.49. The second-order valence-electron chi connectivity index (χ2n) is 2.85. The van der Waals surface area contributed by atoms with Gasteiger partial charge in [-0.1, -0.05) is 5.16 Å². The Morgan fingerprint density at radius 1 is 1.61 bits per heavy atom. The topological polar surface area (TPSA) is 107 Å². The Morgan fingerprint density at radius 3 is 2.83 bits per heavy atom. The summed E-state index contributed by atoms with van der Waals surface area (Å²) in [6.45, 7) is 2.96. The highest BCUT2D eigenvalue weighted by Crippen LogP contribution is 2.12. The molecule has 0 amide bonds. The maximum absolute atomic E-state index is 10.9.